The zero-order valence-electron chi connectivity index (χ0n) is 8.73. The van der Waals surface area contributed by atoms with Gasteiger partial charge < -0.3 is 15.2 Å². The van der Waals surface area contributed by atoms with Crippen LogP contribution in [0.3, 0.4) is 0 Å². The van der Waals surface area contributed by atoms with Gasteiger partial charge in [0.15, 0.2) is 0 Å². The standard InChI is InChI=1S/C10H14N2O3S/c13-9(12-8-2-1-5-16-8)11-6-10(14)3-4-15-7-10/h1-2,5,14H,3-4,6-7H2,(H2,11,12,13). The lowest BCUT2D eigenvalue weighted by atomic mass is 10.0. The maximum absolute atomic E-state index is 11.4. The number of carbonyl (C=O) groups is 1. The van der Waals surface area contributed by atoms with Crippen molar-refractivity contribution in [1.82, 2.24) is 5.32 Å². The van der Waals surface area contributed by atoms with Gasteiger partial charge in [0.05, 0.1) is 18.2 Å². The summed E-state index contributed by atoms with van der Waals surface area (Å²) in [6.07, 6.45) is 0.562. The van der Waals surface area contributed by atoms with Gasteiger partial charge in [0, 0.05) is 13.0 Å². The van der Waals surface area contributed by atoms with Gasteiger partial charge in [-0.05, 0) is 17.5 Å². The van der Waals surface area contributed by atoms with Gasteiger partial charge in [-0.25, -0.2) is 4.79 Å². The molecule has 2 heterocycles. The molecule has 1 fully saturated rings. The van der Waals surface area contributed by atoms with Crippen LogP contribution in [0.4, 0.5) is 9.80 Å². The molecule has 6 heteroatoms. The van der Waals surface area contributed by atoms with E-state index in [0.717, 1.165) is 5.00 Å². The van der Waals surface area contributed by atoms with Crippen molar-refractivity contribution < 1.29 is 14.6 Å². The number of rotatable bonds is 3. The summed E-state index contributed by atoms with van der Waals surface area (Å²) in [6, 6.07) is 3.37. The Kier molecular flexibility index (Phi) is 3.42. The molecule has 0 saturated carbocycles. The van der Waals surface area contributed by atoms with Gasteiger partial charge in [0.1, 0.15) is 5.60 Å². The van der Waals surface area contributed by atoms with Crippen molar-refractivity contribution >= 4 is 22.4 Å². The van der Waals surface area contributed by atoms with E-state index in [1.807, 2.05) is 17.5 Å². The Morgan fingerprint density at radius 1 is 1.69 bits per heavy atom. The van der Waals surface area contributed by atoms with Crippen molar-refractivity contribution in [2.75, 3.05) is 25.1 Å². The first-order chi connectivity index (χ1) is 7.68. The number of nitrogens with one attached hydrogen (secondary N) is 2. The van der Waals surface area contributed by atoms with Crippen LogP contribution in [0.1, 0.15) is 6.42 Å². The Morgan fingerprint density at radius 3 is 3.19 bits per heavy atom. The molecule has 0 bridgehead atoms. The first-order valence-corrected chi connectivity index (χ1v) is 5.94. The molecule has 88 valence electrons. The van der Waals surface area contributed by atoms with E-state index in [0.29, 0.717) is 13.0 Å². The highest BCUT2D eigenvalue weighted by Gasteiger charge is 2.32. The zero-order valence-corrected chi connectivity index (χ0v) is 9.55. The van der Waals surface area contributed by atoms with Crippen molar-refractivity contribution in [2.45, 2.75) is 12.0 Å². The van der Waals surface area contributed by atoms with Crippen LogP contribution in [0.2, 0.25) is 0 Å². The zero-order chi connectivity index (χ0) is 11.4. The van der Waals surface area contributed by atoms with E-state index in [1.54, 1.807) is 0 Å². The molecule has 1 aliphatic rings. The van der Waals surface area contributed by atoms with Crippen molar-refractivity contribution in [3.63, 3.8) is 0 Å². The molecule has 2 amide bonds. The number of thiophene rings is 1. The molecule has 0 radical (unpaired) electrons. The second-order valence-electron chi connectivity index (χ2n) is 3.81. The SMILES string of the molecule is O=C(NCC1(O)CCOC1)Nc1cccs1. The van der Waals surface area contributed by atoms with Crippen LogP contribution in [0.5, 0.6) is 0 Å². The van der Waals surface area contributed by atoms with Gasteiger partial charge >= 0.3 is 6.03 Å². The van der Waals surface area contributed by atoms with Gasteiger partial charge in [-0.3, -0.25) is 5.32 Å². The summed E-state index contributed by atoms with van der Waals surface area (Å²) in [4.78, 5) is 11.4. The smallest absolute Gasteiger partial charge is 0.319 e. The number of aliphatic hydroxyl groups is 1. The molecule has 1 saturated heterocycles. The second kappa shape index (κ2) is 4.82. The molecule has 0 spiro atoms. The molecule has 1 aromatic rings. The Bertz CT molecular complexity index is 347. The highest BCUT2D eigenvalue weighted by Crippen LogP contribution is 2.17. The third-order valence-electron chi connectivity index (χ3n) is 2.42. The van der Waals surface area contributed by atoms with Crippen molar-refractivity contribution in [1.29, 1.82) is 0 Å². The molecule has 0 aliphatic carbocycles. The largest absolute Gasteiger partial charge is 0.386 e. The average molecular weight is 242 g/mol. The van der Waals surface area contributed by atoms with Crippen LogP contribution < -0.4 is 10.6 Å². The van der Waals surface area contributed by atoms with Crippen molar-refractivity contribution in [3.05, 3.63) is 17.5 Å². The minimum atomic E-state index is -0.910. The van der Waals surface area contributed by atoms with E-state index in [2.05, 4.69) is 10.6 Å². The number of hydrogen-bond acceptors (Lipinski definition) is 4. The van der Waals surface area contributed by atoms with E-state index in [4.69, 9.17) is 4.74 Å². The fourth-order valence-electron chi connectivity index (χ4n) is 1.49. The number of urea groups is 1. The number of anilines is 1. The van der Waals surface area contributed by atoms with Crippen molar-refractivity contribution in [3.8, 4) is 0 Å². The van der Waals surface area contributed by atoms with Crippen molar-refractivity contribution in [2.24, 2.45) is 0 Å². The predicted octanol–water partition coefficient (Wildman–Crippen LogP) is 1.02. The topological polar surface area (TPSA) is 70.6 Å². The third kappa shape index (κ3) is 2.94. The predicted molar refractivity (Wildman–Crippen MR) is 61.7 cm³/mol. The number of carbonyl (C=O) groups excluding carboxylic acids is 1. The molecule has 1 aromatic heterocycles. The monoisotopic (exact) mass is 242 g/mol. The molecule has 3 N–H and O–H groups in total. The summed E-state index contributed by atoms with van der Waals surface area (Å²) in [5.41, 5.74) is -0.910. The van der Waals surface area contributed by atoms with Crippen LogP contribution in [0.15, 0.2) is 17.5 Å². The van der Waals surface area contributed by atoms with E-state index >= 15 is 0 Å². The van der Waals surface area contributed by atoms with E-state index in [1.165, 1.54) is 11.3 Å². The number of hydrogen-bond donors (Lipinski definition) is 3. The highest BCUT2D eigenvalue weighted by molar-refractivity contribution is 7.14. The van der Waals surface area contributed by atoms with Gasteiger partial charge in [0.2, 0.25) is 0 Å². The summed E-state index contributed by atoms with van der Waals surface area (Å²) in [7, 11) is 0. The molecule has 1 atom stereocenters. The Balaban J connectivity index is 1.75. The molecular weight excluding hydrogens is 228 g/mol. The molecule has 0 aromatic carbocycles. The maximum atomic E-state index is 11.4. The molecule has 16 heavy (non-hydrogen) atoms. The van der Waals surface area contributed by atoms with Crippen LogP contribution in [-0.2, 0) is 4.74 Å². The minimum Gasteiger partial charge on any atom is -0.386 e. The van der Waals surface area contributed by atoms with Crippen LogP contribution in [-0.4, -0.2) is 36.5 Å². The minimum absolute atomic E-state index is 0.213. The third-order valence-corrected chi connectivity index (χ3v) is 3.20. The van der Waals surface area contributed by atoms with E-state index in [-0.39, 0.29) is 19.2 Å². The van der Waals surface area contributed by atoms with E-state index < -0.39 is 5.60 Å². The summed E-state index contributed by atoms with van der Waals surface area (Å²) in [5.74, 6) is 0. The Hall–Kier alpha value is -1.11. The Labute approximate surface area is 97.4 Å². The molecule has 2 rings (SSSR count). The highest BCUT2D eigenvalue weighted by atomic mass is 32.1. The van der Waals surface area contributed by atoms with Crippen LogP contribution >= 0.6 is 11.3 Å². The molecule has 1 unspecified atom stereocenters. The number of ether oxygens (including phenoxy) is 1. The summed E-state index contributed by atoms with van der Waals surface area (Å²) < 4.78 is 5.08. The summed E-state index contributed by atoms with van der Waals surface area (Å²) in [5, 5.41) is 17.9. The normalized spacial score (nSPS) is 24.3. The van der Waals surface area contributed by atoms with Gasteiger partial charge in [-0.1, -0.05) is 0 Å². The van der Waals surface area contributed by atoms with Gasteiger partial charge in [0.25, 0.3) is 0 Å². The van der Waals surface area contributed by atoms with Gasteiger partial charge in [-0.2, -0.15) is 0 Å². The average Bonchev–Trinajstić information content (AvgIpc) is 2.88. The fourth-order valence-corrected chi connectivity index (χ4v) is 2.10. The molecule has 5 nitrogen and oxygen atoms in total. The molecule has 1 aliphatic heterocycles. The maximum Gasteiger partial charge on any atom is 0.319 e. The van der Waals surface area contributed by atoms with Gasteiger partial charge in [-0.15, -0.1) is 11.3 Å². The van der Waals surface area contributed by atoms with E-state index in [9.17, 15) is 9.90 Å². The quantitative estimate of drug-likeness (QED) is 0.741. The molecular formula is C10H14N2O3S. The second-order valence-corrected chi connectivity index (χ2v) is 4.76. The lowest BCUT2D eigenvalue weighted by Crippen LogP contribution is -2.44. The lowest BCUT2D eigenvalue weighted by Gasteiger charge is -2.20. The fraction of sp³-hybridized carbons (Fsp3) is 0.500. The lowest BCUT2D eigenvalue weighted by molar-refractivity contribution is 0.0295. The summed E-state index contributed by atoms with van der Waals surface area (Å²) >= 11 is 1.45. The first-order valence-electron chi connectivity index (χ1n) is 5.06. The summed E-state index contributed by atoms with van der Waals surface area (Å²) in [6.45, 7) is 1.04. The Morgan fingerprint density at radius 2 is 2.56 bits per heavy atom. The van der Waals surface area contributed by atoms with Crippen LogP contribution in [0, 0.1) is 0 Å². The van der Waals surface area contributed by atoms with Crippen LogP contribution in [0.25, 0.3) is 0 Å². The first kappa shape index (κ1) is 11.4. The number of amides is 2.